The Kier molecular flexibility index (Phi) is 5.98. The Morgan fingerprint density at radius 1 is 1.19 bits per heavy atom. The number of alkyl halides is 1. The summed E-state index contributed by atoms with van der Waals surface area (Å²) in [5.41, 5.74) is 3.68. The zero-order valence-corrected chi connectivity index (χ0v) is 20.2. The number of amides is 2. The van der Waals surface area contributed by atoms with Gasteiger partial charge in [-0.3, -0.25) is 9.78 Å². The summed E-state index contributed by atoms with van der Waals surface area (Å²) in [5, 5.41) is 1.71. The molecule has 6 rings (SSSR count). The summed E-state index contributed by atoms with van der Waals surface area (Å²) in [6, 6.07) is 5.78. The fraction of sp³-hybridized carbons (Fsp3) is 0.522. The van der Waals surface area contributed by atoms with Crippen molar-refractivity contribution in [3.05, 3.63) is 40.0 Å². The summed E-state index contributed by atoms with van der Waals surface area (Å²) in [6.45, 7) is 1.53. The first-order valence-electron chi connectivity index (χ1n) is 11.0. The van der Waals surface area contributed by atoms with E-state index in [0.29, 0.717) is 25.3 Å². The summed E-state index contributed by atoms with van der Waals surface area (Å²) in [4.78, 5) is 34.0. The number of piperidine rings is 1. The van der Waals surface area contributed by atoms with E-state index in [1.54, 1.807) is 4.90 Å². The number of ether oxygens (including phenoxy) is 1. The molecular weight excluding hydrogens is 529 g/mol. The first-order valence-corrected chi connectivity index (χ1v) is 12.9. The molecule has 8 heteroatoms. The van der Waals surface area contributed by atoms with Crippen molar-refractivity contribution in [3.63, 3.8) is 0 Å². The Morgan fingerprint density at radius 2 is 1.97 bits per heavy atom. The fourth-order valence-electron chi connectivity index (χ4n) is 5.04. The molecule has 2 amide bonds. The first kappa shape index (κ1) is 21.2. The largest absolute Gasteiger partial charge is 0.449 e. The molecule has 0 N–H and O–H groups in total. The highest BCUT2D eigenvalue weighted by atomic mass is 127. The summed E-state index contributed by atoms with van der Waals surface area (Å²) in [5.74, 6) is 0.0109. The number of benzene rings is 1. The van der Waals surface area contributed by atoms with Crippen LogP contribution < -0.4 is 0 Å². The maximum atomic E-state index is 13.3. The maximum absolute atomic E-state index is 13.3. The van der Waals surface area contributed by atoms with E-state index in [4.69, 9.17) is 21.3 Å². The van der Waals surface area contributed by atoms with Gasteiger partial charge in [0.2, 0.25) is 0 Å². The number of nitrogens with zero attached hydrogens (tertiary/aromatic N) is 3. The fourth-order valence-corrected chi connectivity index (χ4v) is 5.72. The second-order valence-electron chi connectivity index (χ2n) is 8.61. The van der Waals surface area contributed by atoms with E-state index >= 15 is 0 Å². The lowest BCUT2D eigenvalue weighted by molar-refractivity contribution is -0.0448. The van der Waals surface area contributed by atoms with Crippen LogP contribution >= 0.6 is 34.2 Å². The summed E-state index contributed by atoms with van der Waals surface area (Å²) < 4.78 is 6.30. The average Bonchev–Trinajstić information content (AvgIpc) is 2.79. The highest BCUT2D eigenvalue weighted by molar-refractivity contribution is 14.1. The molecule has 3 fully saturated rings. The van der Waals surface area contributed by atoms with Crippen LogP contribution in [-0.4, -0.2) is 63.0 Å². The minimum absolute atomic E-state index is 0.0109. The normalized spacial score (nSPS) is 22.1. The van der Waals surface area contributed by atoms with Crippen molar-refractivity contribution < 1.29 is 14.3 Å². The van der Waals surface area contributed by atoms with Gasteiger partial charge in [0.25, 0.3) is 5.91 Å². The van der Waals surface area contributed by atoms with Gasteiger partial charge in [0.05, 0.1) is 29.2 Å². The number of piperazine rings is 1. The van der Waals surface area contributed by atoms with Crippen molar-refractivity contribution in [2.75, 3.05) is 24.1 Å². The zero-order valence-electron chi connectivity index (χ0n) is 17.3. The van der Waals surface area contributed by atoms with Gasteiger partial charge in [0.15, 0.2) is 0 Å². The van der Waals surface area contributed by atoms with Crippen LogP contribution in [0.15, 0.2) is 18.2 Å². The summed E-state index contributed by atoms with van der Waals surface area (Å²) >= 11 is 8.95. The molecule has 0 radical (unpaired) electrons. The lowest BCUT2D eigenvalue weighted by Crippen LogP contribution is -2.70. The van der Waals surface area contributed by atoms with Crippen molar-refractivity contribution in [1.82, 2.24) is 14.8 Å². The minimum atomic E-state index is -0.263. The summed E-state index contributed by atoms with van der Waals surface area (Å²) in [6.07, 6.45) is 5.75. The molecule has 2 atom stereocenters. The van der Waals surface area contributed by atoms with Crippen molar-refractivity contribution in [2.24, 2.45) is 0 Å². The molecule has 6 nitrogen and oxygen atoms in total. The second kappa shape index (κ2) is 8.73. The average molecular weight is 554 g/mol. The molecule has 4 aliphatic rings. The first-order chi connectivity index (χ1) is 15.1. The molecule has 4 heterocycles. The maximum Gasteiger partial charge on any atom is 0.409 e. The number of carbonyl (C=O) groups excluding carboxylic acids is 2. The van der Waals surface area contributed by atoms with Crippen molar-refractivity contribution in [3.8, 4) is 0 Å². The second-order valence-corrected chi connectivity index (χ2v) is 10.1. The van der Waals surface area contributed by atoms with E-state index in [0.717, 1.165) is 64.6 Å². The number of halogens is 2. The molecule has 1 aliphatic carbocycles. The van der Waals surface area contributed by atoms with Crippen LogP contribution in [0.25, 0.3) is 10.9 Å². The van der Waals surface area contributed by atoms with Gasteiger partial charge in [-0.05, 0) is 56.2 Å². The lowest BCUT2D eigenvalue weighted by Gasteiger charge is -2.55. The molecule has 1 aromatic carbocycles. The van der Waals surface area contributed by atoms with Crippen LogP contribution in [0.4, 0.5) is 4.79 Å². The summed E-state index contributed by atoms with van der Waals surface area (Å²) in [7, 11) is 0. The molecule has 1 aromatic heterocycles. The Bertz CT molecular complexity index is 1030. The molecule has 2 unspecified atom stereocenters. The van der Waals surface area contributed by atoms with E-state index in [1.807, 2.05) is 23.1 Å². The van der Waals surface area contributed by atoms with E-state index in [1.165, 1.54) is 5.56 Å². The van der Waals surface area contributed by atoms with E-state index in [-0.39, 0.29) is 24.1 Å². The number of hydrogen-bond acceptors (Lipinski definition) is 4. The van der Waals surface area contributed by atoms with Crippen LogP contribution in [0.1, 0.15) is 47.3 Å². The number of hydrogen-bond donors (Lipinski definition) is 0. The highest BCUT2D eigenvalue weighted by Crippen LogP contribution is 2.36. The van der Waals surface area contributed by atoms with Crippen LogP contribution in [0.3, 0.4) is 0 Å². The van der Waals surface area contributed by atoms with E-state index in [2.05, 4.69) is 22.6 Å². The minimum Gasteiger partial charge on any atom is -0.449 e. The Hall–Kier alpha value is -1.61. The van der Waals surface area contributed by atoms with Crippen LogP contribution in [0.5, 0.6) is 0 Å². The van der Waals surface area contributed by atoms with Gasteiger partial charge < -0.3 is 14.5 Å². The molecular formula is C23H25ClIN3O3. The third-order valence-electron chi connectivity index (χ3n) is 6.63. The number of aryl methyl sites for hydroxylation is 1. The van der Waals surface area contributed by atoms with Crippen molar-refractivity contribution >= 4 is 57.1 Å². The van der Waals surface area contributed by atoms with Crippen LogP contribution in [-0.2, 0) is 17.6 Å². The van der Waals surface area contributed by atoms with Gasteiger partial charge in [-0.2, -0.15) is 0 Å². The quantitative estimate of drug-likeness (QED) is 0.315. The topological polar surface area (TPSA) is 62.7 Å². The molecule has 0 saturated carbocycles. The predicted octanol–water partition coefficient (Wildman–Crippen LogP) is 4.63. The predicted molar refractivity (Wildman–Crippen MR) is 128 cm³/mol. The Balaban J connectivity index is 1.32. The van der Waals surface area contributed by atoms with Gasteiger partial charge in [-0.1, -0.05) is 40.3 Å². The van der Waals surface area contributed by atoms with Gasteiger partial charge in [-0.25, -0.2) is 4.79 Å². The zero-order chi connectivity index (χ0) is 21.5. The highest BCUT2D eigenvalue weighted by Gasteiger charge is 2.48. The standard InChI is InChI=1S/C23H25ClIN3O3/c24-21-17-4-1-2-5-19(17)26-20-10-14(6-7-18(20)21)22(29)28-15-11-16(28)13-27(12-15)23(30)31-9-3-8-25/h6-7,10,15-16H,1-5,8-9,11-13H2. The monoisotopic (exact) mass is 553 g/mol. The van der Waals surface area contributed by atoms with Crippen LogP contribution in [0.2, 0.25) is 5.02 Å². The van der Waals surface area contributed by atoms with Crippen molar-refractivity contribution in [2.45, 2.75) is 50.6 Å². The molecule has 31 heavy (non-hydrogen) atoms. The molecule has 2 bridgehead atoms. The van der Waals surface area contributed by atoms with E-state index < -0.39 is 0 Å². The van der Waals surface area contributed by atoms with Gasteiger partial charge in [0, 0.05) is 34.2 Å². The van der Waals surface area contributed by atoms with Gasteiger partial charge in [-0.15, -0.1) is 0 Å². The number of carbonyl (C=O) groups is 2. The Morgan fingerprint density at radius 3 is 2.74 bits per heavy atom. The lowest BCUT2D eigenvalue weighted by atomic mass is 9.86. The molecule has 3 aliphatic heterocycles. The third kappa shape index (κ3) is 3.88. The molecule has 164 valence electrons. The SMILES string of the molecule is O=C(OCCCI)N1CC2CC(C1)N2C(=O)c1ccc2c(Cl)c3c(nc2c1)CCCC3. The van der Waals surface area contributed by atoms with Gasteiger partial charge in [0.1, 0.15) is 0 Å². The molecule has 2 aromatic rings. The third-order valence-corrected chi connectivity index (χ3v) is 7.82. The smallest absolute Gasteiger partial charge is 0.409 e. The van der Waals surface area contributed by atoms with Crippen molar-refractivity contribution in [1.29, 1.82) is 0 Å². The number of pyridine rings is 1. The van der Waals surface area contributed by atoms with Crippen LogP contribution in [0, 0.1) is 0 Å². The number of fused-ring (bicyclic) bond motifs is 4. The Labute approximate surface area is 200 Å². The molecule has 0 spiro atoms. The molecule has 3 saturated heterocycles. The number of aromatic nitrogens is 1. The van der Waals surface area contributed by atoms with E-state index in [9.17, 15) is 9.59 Å². The number of rotatable bonds is 4. The van der Waals surface area contributed by atoms with Gasteiger partial charge >= 0.3 is 6.09 Å².